The summed E-state index contributed by atoms with van der Waals surface area (Å²) < 4.78 is 27.2. The monoisotopic (exact) mass is 316 g/mol. The lowest BCUT2D eigenvalue weighted by Gasteiger charge is -2.27. The molecule has 1 aliphatic rings. The Bertz CT molecular complexity index is 523. The second-order valence-electron chi connectivity index (χ2n) is 4.99. The van der Waals surface area contributed by atoms with Gasteiger partial charge in [0.1, 0.15) is 0 Å². The van der Waals surface area contributed by atoms with E-state index in [0.717, 1.165) is 25.7 Å². The van der Waals surface area contributed by atoms with E-state index in [0.29, 0.717) is 10.8 Å². The van der Waals surface area contributed by atoms with Crippen molar-refractivity contribution in [2.45, 2.75) is 48.6 Å². The Kier molecular flexibility index (Phi) is 5.42. The predicted molar refractivity (Wildman–Crippen MR) is 80.0 cm³/mol. The molecule has 0 bridgehead atoms. The third-order valence-electron chi connectivity index (χ3n) is 3.58. The summed E-state index contributed by atoms with van der Waals surface area (Å²) in [6.45, 7) is -0.139. The summed E-state index contributed by atoms with van der Waals surface area (Å²) in [5.41, 5.74) is 0.601. The molecule has 1 aromatic rings. The van der Waals surface area contributed by atoms with Gasteiger partial charge in [-0.15, -0.1) is 0 Å². The van der Waals surface area contributed by atoms with E-state index < -0.39 is 10.0 Å². The van der Waals surface area contributed by atoms with Crippen molar-refractivity contribution in [3.63, 3.8) is 0 Å². The summed E-state index contributed by atoms with van der Waals surface area (Å²) in [6.07, 6.45) is 7.33. The van der Waals surface area contributed by atoms with E-state index in [4.69, 9.17) is 5.11 Å². The molecule has 20 heavy (non-hydrogen) atoms. The molecule has 1 fully saturated rings. The van der Waals surface area contributed by atoms with Crippen LogP contribution in [0.25, 0.3) is 0 Å². The second kappa shape index (κ2) is 6.89. The maximum Gasteiger partial charge on any atom is 0.258 e. The van der Waals surface area contributed by atoms with Crippen LogP contribution in [0.3, 0.4) is 0 Å². The molecule has 2 rings (SSSR count). The fraction of sp³-hybridized carbons (Fsp3) is 0.615. The van der Waals surface area contributed by atoms with Gasteiger partial charge in [-0.3, -0.25) is 0 Å². The fourth-order valence-corrected chi connectivity index (χ4v) is 4.34. The van der Waals surface area contributed by atoms with Crippen LogP contribution in [0.1, 0.15) is 31.2 Å². The Morgan fingerprint density at radius 1 is 1.35 bits per heavy atom. The van der Waals surface area contributed by atoms with Gasteiger partial charge in [-0.1, -0.05) is 6.07 Å². The number of pyridine rings is 1. The van der Waals surface area contributed by atoms with Crippen LogP contribution >= 0.6 is 11.8 Å². The summed E-state index contributed by atoms with van der Waals surface area (Å²) >= 11 is 1.85. The number of hydrogen-bond donors (Lipinski definition) is 2. The Labute approximate surface area is 124 Å². The number of aliphatic hydroxyl groups is 1. The van der Waals surface area contributed by atoms with Gasteiger partial charge in [0.2, 0.25) is 0 Å². The van der Waals surface area contributed by atoms with Gasteiger partial charge >= 0.3 is 0 Å². The number of sulfonamides is 1. The first-order chi connectivity index (χ1) is 9.55. The van der Waals surface area contributed by atoms with Crippen molar-refractivity contribution in [1.82, 2.24) is 9.71 Å². The highest BCUT2D eigenvalue weighted by atomic mass is 32.2. The molecule has 0 unspecified atom stereocenters. The van der Waals surface area contributed by atoms with Crippen LogP contribution < -0.4 is 4.72 Å². The van der Waals surface area contributed by atoms with E-state index >= 15 is 0 Å². The lowest BCUT2D eigenvalue weighted by Crippen LogP contribution is -2.38. The van der Waals surface area contributed by atoms with E-state index in [1.807, 2.05) is 11.8 Å². The molecule has 5 nitrogen and oxygen atoms in total. The van der Waals surface area contributed by atoms with Crippen LogP contribution in [-0.4, -0.2) is 36.1 Å². The van der Waals surface area contributed by atoms with Gasteiger partial charge in [0.05, 0.1) is 6.61 Å². The lowest BCUT2D eigenvalue weighted by molar-refractivity contribution is 0.281. The predicted octanol–water partition coefficient (Wildman–Crippen LogP) is 1.53. The maximum absolute atomic E-state index is 12.2. The van der Waals surface area contributed by atoms with Crippen molar-refractivity contribution in [3.8, 4) is 0 Å². The van der Waals surface area contributed by atoms with Gasteiger partial charge in [0.25, 0.3) is 10.0 Å². The largest absolute Gasteiger partial charge is 0.392 e. The van der Waals surface area contributed by atoms with Crippen molar-refractivity contribution >= 4 is 21.8 Å². The molecule has 1 aliphatic carbocycles. The van der Waals surface area contributed by atoms with E-state index in [1.54, 1.807) is 6.07 Å². The summed E-state index contributed by atoms with van der Waals surface area (Å²) in [6, 6.07) is 3.01. The Morgan fingerprint density at radius 3 is 2.55 bits per heavy atom. The molecule has 1 saturated carbocycles. The van der Waals surface area contributed by atoms with Gasteiger partial charge in [0.15, 0.2) is 5.03 Å². The highest BCUT2D eigenvalue weighted by Crippen LogP contribution is 2.27. The van der Waals surface area contributed by atoms with Gasteiger partial charge in [-0.2, -0.15) is 11.8 Å². The minimum Gasteiger partial charge on any atom is -0.392 e. The van der Waals surface area contributed by atoms with E-state index in [1.165, 1.54) is 12.3 Å². The summed E-state index contributed by atoms with van der Waals surface area (Å²) in [5, 5.41) is 9.60. The van der Waals surface area contributed by atoms with Crippen molar-refractivity contribution in [3.05, 3.63) is 23.9 Å². The topological polar surface area (TPSA) is 79.3 Å². The number of rotatable bonds is 5. The number of aromatic nitrogens is 1. The van der Waals surface area contributed by atoms with Crippen molar-refractivity contribution in [1.29, 1.82) is 0 Å². The average molecular weight is 316 g/mol. The first-order valence-corrected chi connectivity index (χ1v) is 9.43. The molecule has 7 heteroatoms. The molecule has 0 saturated heterocycles. The molecule has 0 radical (unpaired) electrons. The van der Waals surface area contributed by atoms with E-state index in [-0.39, 0.29) is 17.7 Å². The number of hydrogen-bond acceptors (Lipinski definition) is 5. The molecule has 0 spiro atoms. The number of nitrogens with one attached hydrogen (secondary N) is 1. The van der Waals surface area contributed by atoms with Crippen LogP contribution in [0.4, 0.5) is 0 Å². The summed E-state index contributed by atoms with van der Waals surface area (Å²) in [7, 11) is -3.56. The first-order valence-electron chi connectivity index (χ1n) is 6.66. The number of nitrogens with zero attached hydrogens (tertiary/aromatic N) is 1. The molecule has 2 N–H and O–H groups in total. The van der Waals surface area contributed by atoms with Gasteiger partial charge in [-0.25, -0.2) is 18.1 Å². The Morgan fingerprint density at radius 2 is 2.05 bits per heavy atom. The maximum atomic E-state index is 12.2. The lowest BCUT2D eigenvalue weighted by atomic mass is 9.96. The standard InChI is InChI=1S/C13H20N2O3S2/c1-19-12-5-3-11(4-6-12)15-20(17,18)13-7-2-10(9-16)8-14-13/h2,7-8,11-12,15-16H,3-6,9H2,1H3. The normalized spacial score (nSPS) is 23.7. The minimum absolute atomic E-state index is 0.00252. The number of aliphatic hydroxyl groups excluding tert-OH is 1. The van der Waals surface area contributed by atoms with Crippen LogP contribution in [-0.2, 0) is 16.6 Å². The number of thioether (sulfide) groups is 1. The molecular weight excluding hydrogens is 296 g/mol. The van der Waals surface area contributed by atoms with Gasteiger partial charge in [0, 0.05) is 17.5 Å². The minimum atomic E-state index is -3.56. The molecule has 1 aromatic heterocycles. The zero-order valence-electron chi connectivity index (χ0n) is 11.4. The zero-order chi connectivity index (χ0) is 14.6. The van der Waals surface area contributed by atoms with Crippen molar-refractivity contribution < 1.29 is 13.5 Å². The van der Waals surface area contributed by atoms with Gasteiger partial charge < -0.3 is 5.11 Å². The highest BCUT2D eigenvalue weighted by molar-refractivity contribution is 7.99. The molecule has 1 heterocycles. The van der Waals surface area contributed by atoms with Crippen LogP contribution in [0.5, 0.6) is 0 Å². The average Bonchev–Trinajstić information content (AvgIpc) is 2.48. The quantitative estimate of drug-likeness (QED) is 0.861. The van der Waals surface area contributed by atoms with Crippen LogP contribution in [0.2, 0.25) is 0 Å². The first kappa shape index (κ1) is 15.8. The molecule has 0 aliphatic heterocycles. The smallest absolute Gasteiger partial charge is 0.258 e. The Hall–Kier alpha value is -0.630. The van der Waals surface area contributed by atoms with E-state index in [2.05, 4.69) is 16.0 Å². The SMILES string of the molecule is CSC1CCC(NS(=O)(=O)c2ccc(CO)cn2)CC1. The second-order valence-corrected chi connectivity index (χ2v) is 7.79. The fourth-order valence-electron chi connectivity index (χ4n) is 2.36. The van der Waals surface area contributed by atoms with Crippen LogP contribution in [0, 0.1) is 0 Å². The molecule has 112 valence electrons. The molecule has 0 aromatic carbocycles. The third kappa shape index (κ3) is 3.94. The Balaban J connectivity index is 2.00. The van der Waals surface area contributed by atoms with Gasteiger partial charge in [-0.05, 0) is 43.6 Å². The van der Waals surface area contributed by atoms with Crippen LogP contribution in [0.15, 0.2) is 23.4 Å². The van der Waals surface area contributed by atoms with Crippen molar-refractivity contribution in [2.24, 2.45) is 0 Å². The zero-order valence-corrected chi connectivity index (χ0v) is 13.1. The highest BCUT2D eigenvalue weighted by Gasteiger charge is 2.25. The molecular formula is C13H20N2O3S2. The molecule has 0 atom stereocenters. The van der Waals surface area contributed by atoms with E-state index in [9.17, 15) is 8.42 Å². The third-order valence-corrected chi connectivity index (χ3v) is 6.16. The summed E-state index contributed by atoms with van der Waals surface area (Å²) in [5.74, 6) is 0. The molecule has 0 amide bonds. The van der Waals surface area contributed by atoms with Crippen molar-refractivity contribution in [2.75, 3.05) is 6.26 Å². The summed E-state index contributed by atoms with van der Waals surface area (Å²) in [4.78, 5) is 3.90.